The van der Waals surface area contributed by atoms with E-state index in [4.69, 9.17) is 28.2 Å². The minimum Gasteiger partial charge on any atom is -0.372 e. The molecule has 0 atom stereocenters. The van der Waals surface area contributed by atoms with Crippen molar-refractivity contribution in [3.8, 4) is 0 Å². The second kappa shape index (κ2) is 12.6. The molecule has 1 heterocycles. The largest absolute Gasteiger partial charge is 0.372 e. The number of halogens is 4. The monoisotopic (exact) mass is 524 g/mol. The smallest absolute Gasteiger partial charge is 0.0668 e. The van der Waals surface area contributed by atoms with Crippen LogP contribution < -0.4 is 4.90 Å². The third-order valence-corrected chi connectivity index (χ3v) is 6.92. The Labute approximate surface area is 216 Å². The number of benzene rings is 3. The molecule has 0 saturated heterocycles. The van der Waals surface area contributed by atoms with Gasteiger partial charge in [-0.3, -0.25) is 4.99 Å². The lowest BCUT2D eigenvalue weighted by Crippen LogP contribution is -2.20. The molecular formula is C25H24Cl4N2S. The molecule has 0 fully saturated rings. The van der Waals surface area contributed by atoms with E-state index in [0.717, 1.165) is 50.6 Å². The fraction of sp³-hybridized carbons (Fsp3) is 0.160. The van der Waals surface area contributed by atoms with Gasteiger partial charge in [-0.25, -0.2) is 0 Å². The van der Waals surface area contributed by atoms with Gasteiger partial charge in [-0.15, -0.1) is 36.6 Å². The van der Waals surface area contributed by atoms with Gasteiger partial charge >= 0.3 is 0 Å². The van der Waals surface area contributed by atoms with E-state index in [1.807, 2.05) is 24.3 Å². The van der Waals surface area contributed by atoms with Gasteiger partial charge in [0.05, 0.1) is 17.3 Å². The zero-order valence-electron chi connectivity index (χ0n) is 17.5. The molecule has 0 amide bonds. The number of anilines is 1. The van der Waals surface area contributed by atoms with Gasteiger partial charge in [0.25, 0.3) is 0 Å². The van der Waals surface area contributed by atoms with Crippen LogP contribution in [0.15, 0.2) is 82.7 Å². The van der Waals surface area contributed by atoms with E-state index in [0.29, 0.717) is 0 Å². The summed E-state index contributed by atoms with van der Waals surface area (Å²) >= 11 is 14.3. The quantitative estimate of drug-likeness (QED) is 0.313. The normalized spacial score (nSPS) is 13.0. The van der Waals surface area contributed by atoms with Crippen LogP contribution in [0.1, 0.15) is 16.7 Å². The molecule has 0 unspecified atom stereocenters. The van der Waals surface area contributed by atoms with Gasteiger partial charge < -0.3 is 4.90 Å². The molecule has 0 bridgehead atoms. The van der Waals surface area contributed by atoms with E-state index in [9.17, 15) is 0 Å². The van der Waals surface area contributed by atoms with E-state index in [1.165, 1.54) is 11.3 Å². The minimum atomic E-state index is 0. The fourth-order valence-electron chi connectivity index (χ4n) is 3.41. The summed E-state index contributed by atoms with van der Waals surface area (Å²) in [7, 11) is 2.11. The highest BCUT2D eigenvalue weighted by atomic mass is 35.5. The molecule has 0 radical (unpaired) electrons. The standard InChI is InChI=1S/C25H22Cl2N2S.2ClH/c1-29-16-15-28-23(21-6-2-3-8-24(21)29)14-11-19-5-4-7-22(27)25(19)30-17-18-9-12-20(26)13-10-18;;/h2-14H,15-17H2,1H3;2*1H/b14-11+;;. The molecule has 0 N–H and O–H groups in total. The van der Waals surface area contributed by atoms with Crippen LogP contribution in [0.4, 0.5) is 5.69 Å². The Morgan fingerprint density at radius 3 is 2.47 bits per heavy atom. The third-order valence-electron chi connectivity index (χ3n) is 5.02. The number of para-hydroxylation sites is 1. The first-order chi connectivity index (χ1) is 14.6. The van der Waals surface area contributed by atoms with Crippen molar-refractivity contribution in [2.75, 3.05) is 25.0 Å². The van der Waals surface area contributed by atoms with Crippen LogP contribution >= 0.6 is 59.8 Å². The highest BCUT2D eigenvalue weighted by molar-refractivity contribution is 7.98. The Morgan fingerprint density at radius 2 is 1.69 bits per heavy atom. The Balaban J connectivity index is 0.00000181. The fourth-order valence-corrected chi connectivity index (χ4v) is 4.89. The number of hydrogen-bond donors (Lipinski definition) is 0. The Bertz CT molecular complexity index is 1100. The predicted molar refractivity (Wildman–Crippen MR) is 147 cm³/mol. The van der Waals surface area contributed by atoms with Crippen molar-refractivity contribution in [2.24, 2.45) is 4.99 Å². The van der Waals surface area contributed by atoms with Gasteiger partial charge in [-0.2, -0.15) is 0 Å². The first kappa shape index (κ1) is 26.6. The number of thioether (sulfide) groups is 1. The highest BCUT2D eigenvalue weighted by Crippen LogP contribution is 2.34. The zero-order valence-corrected chi connectivity index (χ0v) is 21.5. The molecule has 0 aromatic heterocycles. The molecular weight excluding hydrogens is 502 g/mol. The molecule has 4 rings (SSSR count). The summed E-state index contributed by atoms with van der Waals surface area (Å²) in [4.78, 5) is 8.15. The molecule has 0 spiro atoms. The van der Waals surface area contributed by atoms with Crippen LogP contribution in [0.3, 0.4) is 0 Å². The first-order valence-electron chi connectivity index (χ1n) is 9.80. The van der Waals surface area contributed by atoms with Crippen molar-refractivity contribution in [3.05, 3.63) is 99.5 Å². The summed E-state index contributed by atoms with van der Waals surface area (Å²) in [5.74, 6) is 0.830. The third kappa shape index (κ3) is 6.46. The molecule has 7 heteroatoms. The summed E-state index contributed by atoms with van der Waals surface area (Å²) in [6.07, 6.45) is 4.23. The highest BCUT2D eigenvalue weighted by Gasteiger charge is 2.14. The Kier molecular flexibility index (Phi) is 10.5. The van der Waals surface area contributed by atoms with Crippen LogP contribution in [0.2, 0.25) is 10.0 Å². The van der Waals surface area contributed by atoms with E-state index in [2.05, 4.69) is 66.6 Å². The Morgan fingerprint density at radius 1 is 0.938 bits per heavy atom. The second-order valence-electron chi connectivity index (χ2n) is 7.11. The van der Waals surface area contributed by atoms with E-state index >= 15 is 0 Å². The number of fused-ring (bicyclic) bond motifs is 1. The maximum atomic E-state index is 6.56. The van der Waals surface area contributed by atoms with Crippen LogP contribution in [-0.4, -0.2) is 25.8 Å². The van der Waals surface area contributed by atoms with E-state index in [1.54, 1.807) is 11.8 Å². The number of aliphatic imine (C=N–C) groups is 1. The van der Waals surface area contributed by atoms with E-state index in [-0.39, 0.29) is 24.8 Å². The number of rotatable bonds is 5. The molecule has 3 aromatic carbocycles. The number of allylic oxidation sites excluding steroid dienone is 1. The summed E-state index contributed by atoms with van der Waals surface area (Å²) in [5, 5.41) is 1.51. The molecule has 0 saturated carbocycles. The maximum Gasteiger partial charge on any atom is 0.0668 e. The Hall–Kier alpha value is -1.62. The van der Waals surface area contributed by atoms with Gasteiger partial charge in [0.1, 0.15) is 0 Å². The average Bonchev–Trinajstić information content (AvgIpc) is 2.92. The van der Waals surface area contributed by atoms with Crippen LogP contribution in [0.25, 0.3) is 6.08 Å². The number of likely N-dealkylation sites (N-methyl/N-ethyl adjacent to an activating group) is 1. The molecule has 168 valence electrons. The molecule has 0 aliphatic carbocycles. The predicted octanol–water partition coefficient (Wildman–Crippen LogP) is 8.08. The van der Waals surface area contributed by atoms with Gasteiger partial charge in [0.15, 0.2) is 0 Å². The number of nitrogens with zero attached hydrogens (tertiary/aromatic N) is 2. The maximum absolute atomic E-state index is 6.56. The van der Waals surface area contributed by atoms with Crippen molar-refractivity contribution in [1.29, 1.82) is 0 Å². The van der Waals surface area contributed by atoms with Crippen molar-refractivity contribution < 1.29 is 0 Å². The van der Waals surface area contributed by atoms with Gasteiger partial charge in [-0.05, 0) is 41.5 Å². The van der Waals surface area contributed by atoms with Crippen molar-refractivity contribution in [3.63, 3.8) is 0 Å². The van der Waals surface area contributed by atoms with Crippen LogP contribution in [0.5, 0.6) is 0 Å². The van der Waals surface area contributed by atoms with Gasteiger partial charge in [-0.1, -0.05) is 71.7 Å². The topological polar surface area (TPSA) is 15.6 Å². The molecule has 1 aliphatic rings. The summed E-state index contributed by atoms with van der Waals surface area (Å²) < 4.78 is 0. The lowest BCUT2D eigenvalue weighted by atomic mass is 10.1. The van der Waals surface area contributed by atoms with Crippen molar-refractivity contribution >= 4 is 77.3 Å². The second-order valence-corrected chi connectivity index (χ2v) is 8.94. The first-order valence-corrected chi connectivity index (χ1v) is 11.5. The van der Waals surface area contributed by atoms with Gasteiger partial charge in [0, 0.05) is 40.5 Å². The van der Waals surface area contributed by atoms with Crippen molar-refractivity contribution in [2.45, 2.75) is 10.6 Å². The SMILES string of the molecule is CN1CCN=C(/C=C/c2cccc(Cl)c2SCc2ccc(Cl)cc2)c2ccccc21.Cl.Cl. The summed E-state index contributed by atoms with van der Waals surface area (Å²) in [5.41, 5.74) is 5.68. The van der Waals surface area contributed by atoms with Crippen LogP contribution in [0, 0.1) is 0 Å². The van der Waals surface area contributed by atoms with Crippen LogP contribution in [-0.2, 0) is 5.75 Å². The average molecular weight is 526 g/mol. The minimum absolute atomic E-state index is 0. The molecule has 32 heavy (non-hydrogen) atoms. The molecule has 2 nitrogen and oxygen atoms in total. The van der Waals surface area contributed by atoms with Crippen molar-refractivity contribution in [1.82, 2.24) is 0 Å². The lowest BCUT2D eigenvalue weighted by molar-refractivity contribution is 0.897. The number of benzodiazepines with no additional fused rings is 1. The molecule has 3 aromatic rings. The summed E-state index contributed by atoms with van der Waals surface area (Å²) in [6.45, 7) is 1.69. The summed E-state index contributed by atoms with van der Waals surface area (Å²) in [6, 6.07) is 22.4. The number of hydrogen-bond acceptors (Lipinski definition) is 3. The zero-order chi connectivity index (χ0) is 20.9. The molecule has 1 aliphatic heterocycles. The van der Waals surface area contributed by atoms with E-state index < -0.39 is 0 Å². The van der Waals surface area contributed by atoms with Gasteiger partial charge in [0.2, 0.25) is 0 Å². The lowest BCUT2D eigenvalue weighted by Gasteiger charge is -2.18.